The maximum atomic E-state index is 10.9. The normalized spacial score (nSPS) is 32.5. The van der Waals surface area contributed by atoms with E-state index in [9.17, 15) is 10.2 Å². The van der Waals surface area contributed by atoms with E-state index in [4.69, 9.17) is 4.74 Å². The fourth-order valence-electron chi connectivity index (χ4n) is 4.13. The van der Waals surface area contributed by atoms with Crippen molar-refractivity contribution in [1.29, 1.82) is 0 Å². The lowest BCUT2D eigenvalue weighted by atomic mass is 9.67. The molecule has 1 saturated carbocycles. The molecule has 0 unspecified atom stereocenters. The van der Waals surface area contributed by atoms with E-state index in [0.717, 1.165) is 37.8 Å². The minimum atomic E-state index is -0.499. The van der Waals surface area contributed by atoms with Crippen LogP contribution in [0.2, 0.25) is 0 Å². The van der Waals surface area contributed by atoms with E-state index in [0.29, 0.717) is 18.3 Å². The lowest BCUT2D eigenvalue weighted by Gasteiger charge is -2.46. The maximum Gasteiger partial charge on any atom is 0.161 e. The molecular weight excluding hydrogens is 266 g/mol. The Morgan fingerprint density at radius 1 is 1.33 bits per heavy atom. The third-order valence-corrected chi connectivity index (χ3v) is 5.16. The number of nitrogens with two attached hydrogens (primary N) is 1. The highest BCUT2D eigenvalue weighted by Gasteiger charge is 2.48. The number of aliphatic hydroxyl groups is 1. The van der Waals surface area contributed by atoms with Crippen molar-refractivity contribution < 1.29 is 20.3 Å². The van der Waals surface area contributed by atoms with Crippen LogP contribution in [0, 0.1) is 5.92 Å². The lowest BCUT2D eigenvalue weighted by molar-refractivity contribution is -0.719. The molecule has 1 heterocycles. The minimum absolute atomic E-state index is 0.190. The van der Waals surface area contributed by atoms with Crippen LogP contribution in [0.25, 0.3) is 0 Å². The van der Waals surface area contributed by atoms with Gasteiger partial charge < -0.3 is 20.3 Å². The molecule has 21 heavy (non-hydrogen) atoms. The fourth-order valence-corrected chi connectivity index (χ4v) is 4.13. The Kier molecular flexibility index (Phi) is 4.09. The number of piperidine rings is 1. The molecular formula is C17H26NO3+. The predicted molar refractivity (Wildman–Crippen MR) is 80.3 cm³/mol. The highest BCUT2D eigenvalue weighted by molar-refractivity contribution is 5.42. The van der Waals surface area contributed by atoms with Crippen LogP contribution in [0.3, 0.4) is 0 Å². The highest BCUT2D eigenvalue weighted by atomic mass is 16.5. The lowest BCUT2D eigenvalue weighted by Crippen LogP contribution is -2.91. The first-order valence-corrected chi connectivity index (χ1v) is 8.15. The molecule has 4 nitrogen and oxygen atoms in total. The largest absolute Gasteiger partial charge is 0.504 e. The monoisotopic (exact) mass is 292 g/mol. The summed E-state index contributed by atoms with van der Waals surface area (Å²) < 4.78 is 5.50. The topological polar surface area (TPSA) is 66.3 Å². The van der Waals surface area contributed by atoms with E-state index < -0.39 is 5.60 Å². The third-order valence-electron chi connectivity index (χ3n) is 5.16. The van der Waals surface area contributed by atoms with Gasteiger partial charge in [0.05, 0.1) is 18.8 Å². The SMILES string of the molecule is CCOc1cc([C@H]2[NH2+]CC[C@@]3(O)CCCC[C@H]23)ccc1O. The Bertz CT molecular complexity index is 501. The Balaban J connectivity index is 1.89. The molecule has 0 amide bonds. The smallest absolute Gasteiger partial charge is 0.161 e. The number of rotatable bonds is 3. The molecule has 1 aliphatic heterocycles. The minimum Gasteiger partial charge on any atom is -0.504 e. The van der Waals surface area contributed by atoms with Crippen molar-refractivity contribution in [3.8, 4) is 11.5 Å². The average Bonchev–Trinajstić information content (AvgIpc) is 2.48. The average molecular weight is 292 g/mol. The van der Waals surface area contributed by atoms with Gasteiger partial charge in [0.1, 0.15) is 6.04 Å². The van der Waals surface area contributed by atoms with Crippen LogP contribution in [0.4, 0.5) is 0 Å². The van der Waals surface area contributed by atoms with Gasteiger partial charge in [-0.2, -0.15) is 0 Å². The molecule has 3 rings (SSSR count). The fraction of sp³-hybridized carbons (Fsp3) is 0.647. The van der Waals surface area contributed by atoms with Crippen LogP contribution >= 0.6 is 0 Å². The molecule has 4 heteroatoms. The van der Waals surface area contributed by atoms with Crippen molar-refractivity contribution in [3.05, 3.63) is 23.8 Å². The maximum absolute atomic E-state index is 10.9. The van der Waals surface area contributed by atoms with Crippen molar-refractivity contribution in [2.75, 3.05) is 13.2 Å². The first-order valence-electron chi connectivity index (χ1n) is 8.15. The van der Waals surface area contributed by atoms with Crippen LogP contribution in [0.15, 0.2) is 18.2 Å². The van der Waals surface area contributed by atoms with Crippen molar-refractivity contribution in [3.63, 3.8) is 0 Å². The van der Waals surface area contributed by atoms with Gasteiger partial charge in [-0.05, 0) is 38.0 Å². The molecule has 0 aromatic heterocycles. The van der Waals surface area contributed by atoms with E-state index in [1.54, 1.807) is 6.07 Å². The summed E-state index contributed by atoms with van der Waals surface area (Å²) in [7, 11) is 0. The van der Waals surface area contributed by atoms with Gasteiger partial charge in [-0.25, -0.2) is 0 Å². The summed E-state index contributed by atoms with van der Waals surface area (Å²) in [5.74, 6) is 1.04. The van der Waals surface area contributed by atoms with Crippen LogP contribution in [-0.4, -0.2) is 29.0 Å². The van der Waals surface area contributed by atoms with E-state index >= 15 is 0 Å². The highest BCUT2D eigenvalue weighted by Crippen LogP contribution is 2.44. The van der Waals surface area contributed by atoms with E-state index in [-0.39, 0.29) is 11.8 Å². The molecule has 2 fully saturated rings. The number of quaternary nitrogens is 1. The summed E-state index contributed by atoms with van der Waals surface area (Å²) in [6.45, 7) is 3.42. The number of aromatic hydroxyl groups is 1. The number of hydrogen-bond donors (Lipinski definition) is 3. The zero-order valence-corrected chi connectivity index (χ0v) is 12.7. The Hall–Kier alpha value is -1.26. The third kappa shape index (κ3) is 2.74. The molecule has 116 valence electrons. The molecule has 1 aromatic rings. The van der Waals surface area contributed by atoms with Gasteiger partial charge in [-0.1, -0.05) is 12.8 Å². The van der Waals surface area contributed by atoms with E-state index in [1.807, 2.05) is 19.1 Å². The second-order valence-electron chi connectivity index (χ2n) is 6.42. The molecule has 3 atom stereocenters. The van der Waals surface area contributed by atoms with Gasteiger partial charge in [0.2, 0.25) is 0 Å². The molecule has 1 aromatic carbocycles. The Morgan fingerprint density at radius 3 is 3.00 bits per heavy atom. The first-order chi connectivity index (χ1) is 10.1. The zero-order valence-electron chi connectivity index (χ0n) is 12.7. The van der Waals surface area contributed by atoms with Gasteiger partial charge in [-0.15, -0.1) is 0 Å². The Labute approximate surface area is 126 Å². The standard InChI is InChI=1S/C17H25NO3/c1-2-21-15-11-12(6-7-14(15)19)16-13-5-3-4-8-17(13,20)9-10-18-16/h6-7,11,13,16,18-20H,2-5,8-10H2,1H3/p+1/t13-,16-,17+/m1/s1. The molecule has 2 aliphatic rings. The van der Waals surface area contributed by atoms with Crippen LogP contribution < -0.4 is 10.1 Å². The molecule has 4 N–H and O–H groups in total. The number of benzene rings is 1. The van der Waals surface area contributed by atoms with Crippen molar-refractivity contribution in [2.24, 2.45) is 5.92 Å². The summed E-state index contributed by atoms with van der Waals surface area (Å²) in [6.07, 6.45) is 5.25. The number of phenols is 1. The summed E-state index contributed by atoms with van der Waals surface area (Å²) in [4.78, 5) is 0. The molecule has 0 radical (unpaired) electrons. The van der Waals surface area contributed by atoms with E-state index in [1.165, 1.54) is 6.42 Å². The van der Waals surface area contributed by atoms with Gasteiger partial charge in [0, 0.05) is 17.9 Å². The second kappa shape index (κ2) is 5.85. The quantitative estimate of drug-likeness (QED) is 0.795. The summed E-state index contributed by atoms with van der Waals surface area (Å²) >= 11 is 0. The van der Waals surface area contributed by atoms with Gasteiger partial charge in [0.15, 0.2) is 11.5 Å². The molecule has 1 aliphatic carbocycles. The van der Waals surface area contributed by atoms with Crippen LogP contribution in [0.1, 0.15) is 50.6 Å². The van der Waals surface area contributed by atoms with E-state index in [2.05, 4.69) is 5.32 Å². The Morgan fingerprint density at radius 2 is 2.19 bits per heavy atom. The van der Waals surface area contributed by atoms with Crippen molar-refractivity contribution in [2.45, 2.75) is 50.7 Å². The molecule has 1 saturated heterocycles. The number of phenolic OH excluding ortho intramolecular Hbond substituents is 1. The molecule has 0 spiro atoms. The second-order valence-corrected chi connectivity index (χ2v) is 6.42. The zero-order chi connectivity index (χ0) is 14.9. The van der Waals surface area contributed by atoms with Gasteiger partial charge in [0.25, 0.3) is 0 Å². The van der Waals surface area contributed by atoms with Gasteiger partial charge >= 0.3 is 0 Å². The van der Waals surface area contributed by atoms with Crippen LogP contribution in [-0.2, 0) is 0 Å². The number of fused-ring (bicyclic) bond motifs is 1. The van der Waals surface area contributed by atoms with Crippen LogP contribution in [0.5, 0.6) is 11.5 Å². The predicted octanol–water partition coefficient (Wildman–Crippen LogP) is 1.72. The summed E-state index contributed by atoms with van der Waals surface area (Å²) in [6, 6.07) is 5.90. The summed E-state index contributed by atoms with van der Waals surface area (Å²) in [5.41, 5.74) is 0.655. The first kappa shape index (κ1) is 14.7. The number of hydrogen-bond acceptors (Lipinski definition) is 3. The van der Waals surface area contributed by atoms with Gasteiger partial charge in [-0.3, -0.25) is 0 Å². The van der Waals surface area contributed by atoms with Crippen molar-refractivity contribution in [1.82, 2.24) is 0 Å². The number of ether oxygens (including phenoxy) is 1. The van der Waals surface area contributed by atoms with Crippen molar-refractivity contribution >= 4 is 0 Å². The summed E-state index contributed by atoms with van der Waals surface area (Å²) in [5, 5.41) is 23.2. The molecule has 0 bridgehead atoms.